The molecule has 136 valence electrons. The van der Waals surface area contributed by atoms with Crippen molar-refractivity contribution in [1.82, 2.24) is 4.90 Å². The molecule has 0 radical (unpaired) electrons. The molecule has 0 aromatic heterocycles. The molecule has 1 aromatic carbocycles. The summed E-state index contributed by atoms with van der Waals surface area (Å²) < 4.78 is 5.73. The van der Waals surface area contributed by atoms with Gasteiger partial charge in [0.25, 0.3) is 0 Å². The highest BCUT2D eigenvalue weighted by atomic mass is 16.5. The molecule has 1 fully saturated rings. The fourth-order valence-electron chi connectivity index (χ4n) is 3.66. The summed E-state index contributed by atoms with van der Waals surface area (Å²) in [4.78, 5) is 19.1. The van der Waals surface area contributed by atoms with E-state index >= 15 is 0 Å². The van der Waals surface area contributed by atoms with Gasteiger partial charge in [0.05, 0.1) is 5.69 Å². The first-order valence-electron chi connectivity index (χ1n) is 9.89. The fourth-order valence-corrected chi connectivity index (χ4v) is 3.66. The van der Waals surface area contributed by atoms with Crippen LogP contribution in [0.3, 0.4) is 0 Å². The van der Waals surface area contributed by atoms with Gasteiger partial charge in [-0.1, -0.05) is 63.6 Å². The molecule has 0 saturated carbocycles. The Bertz CT molecular complexity index is 612. The second-order valence-electron chi connectivity index (χ2n) is 7.16. The van der Waals surface area contributed by atoms with Crippen molar-refractivity contribution in [2.24, 2.45) is 4.99 Å². The number of unbranched alkanes of at least 4 members (excludes halogenated alkanes) is 6. The molecule has 0 amide bonds. The van der Waals surface area contributed by atoms with Crippen molar-refractivity contribution in [2.75, 3.05) is 6.54 Å². The van der Waals surface area contributed by atoms with Crippen molar-refractivity contribution in [1.29, 1.82) is 0 Å². The molecular formula is C21H30N2O2. The molecule has 1 saturated heterocycles. The largest absolute Gasteiger partial charge is 0.454 e. The maximum atomic E-state index is 12.2. The molecule has 4 nitrogen and oxygen atoms in total. The van der Waals surface area contributed by atoms with Crippen LogP contribution < -0.4 is 0 Å². The Hall–Kier alpha value is -1.84. The summed E-state index contributed by atoms with van der Waals surface area (Å²) in [6, 6.07) is 8.22. The van der Waals surface area contributed by atoms with E-state index in [4.69, 9.17) is 9.73 Å². The molecule has 1 aromatic rings. The highest BCUT2D eigenvalue weighted by Crippen LogP contribution is 2.31. The second-order valence-corrected chi connectivity index (χ2v) is 7.16. The van der Waals surface area contributed by atoms with E-state index in [0.717, 1.165) is 43.9 Å². The van der Waals surface area contributed by atoms with Gasteiger partial charge in [0.1, 0.15) is 5.84 Å². The van der Waals surface area contributed by atoms with E-state index < -0.39 is 0 Å². The van der Waals surface area contributed by atoms with Gasteiger partial charge in [0.15, 0.2) is 6.10 Å². The first kappa shape index (κ1) is 18.0. The zero-order valence-electron chi connectivity index (χ0n) is 15.4. The Balaban J connectivity index is 1.43. The first-order chi connectivity index (χ1) is 12.3. The third kappa shape index (κ3) is 4.83. The molecule has 0 unspecified atom stereocenters. The van der Waals surface area contributed by atoms with Crippen LogP contribution in [0.1, 0.15) is 70.3 Å². The van der Waals surface area contributed by atoms with E-state index in [1.165, 1.54) is 37.7 Å². The van der Waals surface area contributed by atoms with Crippen LogP contribution in [0.25, 0.3) is 0 Å². The average molecular weight is 342 g/mol. The van der Waals surface area contributed by atoms with E-state index in [-0.39, 0.29) is 12.1 Å². The number of rotatable bonds is 9. The number of nitrogens with zero attached hydrogens (tertiary/aromatic N) is 2. The molecule has 3 rings (SSSR count). The van der Waals surface area contributed by atoms with Crippen LogP contribution in [0.5, 0.6) is 0 Å². The van der Waals surface area contributed by atoms with Crippen molar-refractivity contribution in [3.8, 4) is 0 Å². The molecule has 1 atom stereocenters. The topological polar surface area (TPSA) is 41.9 Å². The highest BCUT2D eigenvalue weighted by Gasteiger charge is 2.34. The van der Waals surface area contributed by atoms with E-state index in [0.29, 0.717) is 6.42 Å². The van der Waals surface area contributed by atoms with Gasteiger partial charge in [0.2, 0.25) is 0 Å². The van der Waals surface area contributed by atoms with E-state index in [1.807, 2.05) is 12.1 Å². The van der Waals surface area contributed by atoms with E-state index in [9.17, 15) is 4.79 Å². The van der Waals surface area contributed by atoms with Crippen LogP contribution in [0.2, 0.25) is 0 Å². The number of esters is 1. The van der Waals surface area contributed by atoms with Crippen molar-refractivity contribution < 1.29 is 9.53 Å². The Morgan fingerprint density at radius 2 is 1.92 bits per heavy atom. The molecule has 2 aliphatic heterocycles. The average Bonchev–Trinajstić information content (AvgIpc) is 3.01. The zero-order chi connectivity index (χ0) is 17.5. The molecule has 0 bridgehead atoms. The number of amidine groups is 1. The summed E-state index contributed by atoms with van der Waals surface area (Å²) in [5, 5.41) is 0. The molecule has 2 aliphatic rings. The predicted molar refractivity (Wildman–Crippen MR) is 101 cm³/mol. The van der Waals surface area contributed by atoms with Gasteiger partial charge in [0, 0.05) is 25.9 Å². The summed E-state index contributed by atoms with van der Waals surface area (Å²) in [7, 11) is 0. The highest BCUT2D eigenvalue weighted by molar-refractivity contribution is 5.93. The summed E-state index contributed by atoms with van der Waals surface area (Å²) >= 11 is 0. The third-order valence-corrected chi connectivity index (χ3v) is 5.12. The lowest BCUT2D eigenvalue weighted by atomic mass is 10.1. The van der Waals surface area contributed by atoms with Crippen molar-refractivity contribution in [3.05, 3.63) is 29.8 Å². The number of hydrogen-bond acceptors (Lipinski definition) is 4. The van der Waals surface area contributed by atoms with Crippen LogP contribution in [0.15, 0.2) is 29.3 Å². The molecular weight excluding hydrogens is 312 g/mol. The fraction of sp³-hybridized carbons (Fsp3) is 0.619. The third-order valence-electron chi connectivity index (χ3n) is 5.12. The number of ether oxygens (including phenoxy) is 1. The van der Waals surface area contributed by atoms with Gasteiger partial charge in [-0.3, -0.25) is 4.79 Å². The maximum absolute atomic E-state index is 12.2. The first-order valence-corrected chi connectivity index (χ1v) is 9.89. The summed E-state index contributed by atoms with van der Waals surface area (Å²) in [5.41, 5.74) is 2.27. The Morgan fingerprint density at radius 3 is 2.76 bits per heavy atom. The summed E-state index contributed by atoms with van der Waals surface area (Å²) in [6.07, 6.45) is 9.74. The zero-order valence-corrected chi connectivity index (χ0v) is 15.4. The Labute approximate surface area is 151 Å². The lowest BCUT2D eigenvalue weighted by Gasteiger charge is -2.26. The van der Waals surface area contributed by atoms with E-state index in [1.54, 1.807) is 0 Å². The van der Waals surface area contributed by atoms with Crippen LogP contribution in [-0.2, 0) is 16.1 Å². The smallest absolute Gasteiger partial charge is 0.306 e. The van der Waals surface area contributed by atoms with Crippen molar-refractivity contribution >= 4 is 17.5 Å². The minimum Gasteiger partial charge on any atom is -0.454 e. The van der Waals surface area contributed by atoms with Crippen molar-refractivity contribution in [2.45, 2.75) is 77.4 Å². The number of fused-ring (bicyclic) bond motifs is 2. The lowest BCUT2D eigenvalue weighted by molar-refractivity contribution is -0.146. The molecule has 2 heterocycles. The Morgan fingerprint density at radius 1 is 1.16 bits per heavy atom. The van der Waals surface area contributed by atoms with Crippen LogP contribution in [-0.4, -0.2) is 29.4 Å². The number of aliphatic imine (C=N–C) groups is 1. The van der Waals surface area contributed by atoms with Gasteiger partial charge in [-0.2, -0.15) is 0 Å². The van der Waals surface area contributed by atoms with Crippen LogP contribution in [0.4, 0.5) is 5.69 Å². The maximum Gasteiger partial charge on any atom is 0.306 e. The second kappa shape index (κ2) is 9.02. The Kier molecular flexibility index (Phi) is 6.48. The lowest BCUT2D eigenvalue weighted by Crippen LogP contribution is -2.33. The van der Waals surface area contributed by atoms with Gasteiger partial charge in [-0.25, -0.2) is 4.99 Å². The SMILES string of the molecule is CCCCCCCCCC(=O)O[C@@H]1CCN2Cc3ccccc3N=C12. The number of benzene rings is 1. The van der Waals surface area contributed by atoms with Gasteiger partial charge >= 0.3 is 5.97 Å². The predicted octanol–water partition coefficient (Wildman–Crippen LogP) is 4.99. The standard InChI is InChI=1S/C21H30N2O2/c1-2-3-4-5-6-7-8-13-20(24)25-19-14-15-23-16-17-11-9-10-12-18(17)22-21(19)23/h9-12,19H,2-8,13-16H2,1H3/t19-/m1/s1. The summed E-state index contributed by atoms with van der Waals surface area (Å²) in [6.45, 7) is 4.03. The van der Waals surface area contributed by atoms with Crippen LogP contribution >= 0.6 is 0 Å². The van der Waals surface area contributed by atoms with Gasteiger partial charge in [-0.05, 0) is 18.1 Å². The quantitative estimate of drug-likeness (QED) is 0.469. The minimum atomic E-state index is -0.162. The number of carbonyl (C=O) groups excluding carboxylic acids is 1. The number of hydrogen-bond donors (Lipinski definition) is 0. The minimum absolute atomic E-state index is 0.0676. The number of carbonyl (C=O) groups is 1. The normalized spacial score (nSPS) is 18.5. The van der Waals surface area contributed by atoms with Crippen molar-refractivity contribution in [3.63, 3.8) is 0 Å². The molecule has 0 N–H and O–H groups in total. The van der Waals surface area contributed by atoms with Gasteiger partial charge < -0.3 is 9.64 Å². The van der Waals surface area contributed by atoms with Gasteiger partial charge in [-0.15, -0.1) is 0 Å². The molecule has 4 heteroatoms. The molecule has 0 aliphatic carbocycles. The van der Waals surface area contributed by atoms with Crippen LogP contribution in [0, 0.1) is 0 Å². The summed E-state index contributed by atoms with van der Waals surface area (Å²) in [5.74, 6) is 0.869. The van der Waals surface area contributed by atoms with E-state index in [2.05, 4.69) is 24.0 Å². The monoisotopic (exact) mass is 342 g/mol. The molecule has 0 spiro atoms. The molecule has 25 heavy (non-hydrogen) atoms. The number of para-hydroxylation sites is 1.